The van der Waals surface area contributed by atoms with Crippen molar-refractivity contribution >= 4 is 15.9 Å². The number of nitrogens with zero attached hydrogens (tertiary/aromatic N) is 3. The highest BCUT2D eigenvalue weighted by molar-refractivity contribution is 9.09. The quantitative estimate of drug-likeness (QED) is 0.772. The highest BCUT2D eigenvalue weighted by Gasteiger charge is 2.22. The van der Waals surface area contributed by atoms with Gasteiger partial charge in [-0.15, -0.1) is 0 Å². The lowest BCUT2D eigenvalue weighted by Crippen LogP contribution is -2.41. The van der Waals surface area contributed by atoms with Gasteiger partial charge in [-0.2, -0.15) is 5.10 Å². The van der Waals surface area contributed by atoms with E-state index < -0.39 is 0 Å². The molecule has 0 saturated heterocycles. The minimum atomic E-state index is 0.176. The Morgan fingerprint density at radius 3 is 2.64 bits per heavy atom. The standard InChI is InChI=1S/C10H18BrN3/c1-10(2,8-11)13(3)6-9-5-12-14(4)7-9/h5,7H,6,8H2,1-4H3. The number of hydrogen-bond donors (Lipinski definition) is 0. The molecule has 3 nitrogen and oxygen atoms in total. The monoisotopic (exact) mass is 259 g/mol. The zero-order valence-corrected chi connectivity index (χ0v) is 10.9. The molecule has 0 aliphatic carbocycles. The molecule has 0 aromatic carbocycles. The highest BCUT2D eigenvalue weighted by atomic mass is 79.9. The molecule has 4 heteroatoms. The molecule has 80 valence electrons. The van der Waals surface area contributed by atoms with Gasteiger partial charge in [-0.3, -0.25) is 9.58 Å². The van der Waals surface area contributed by atoms with Gasteiger partial charge in [-0.05, 0) is 20.9 Å². The molecule has 0 fully saturated rings. The van der Waals surface area contributed by atoms with Crippen LogP contribution >= 0.6 is 15.9 Å². The summed E-state index contributed by atoms with van der Waals surface area (Å²) >= 11 is 3.53. The number of hydrogen-bond acceptors (Lipinski definition) is 2. The van der Waals surface area contributed by atoms with Gasteiger partial charge >= 0.3 is 0 Å². The largest absolute Gasteiger partial charge is 0.296 e. The van der Waals surface area contributed by atoms with E-state index in [0.29, 0.717) is 0 Å². The van der Waals surface area contributed by atoms with Gasteiger partial charge in [0, 0.05) is 36.2 Å². The lowest BCUT2D eigenvalue weighted by Gasteiger charge is -2.33. The second-order valence-electron chi connectivity index (χ2n) is 4.32. The highest BCUT2D eigenvalue weighted by Crippen LogP contribution is 2.17. The molecule has 0 atom stereocenters. The summed E-state index contributed by atoms with van der Waals surface area (Å²) in [6, 6.07) is 0. The molecule has 0 N–H and O–H groups in total. The fourth-order valence-corrected chi connectivity index (χ4v) is 1.57. The summed E-state index contributed by atoms with van der Waals surface area (Å²) in [6.07, 6.45) is 3.97. The first-order valence-corrected chi connectivity index (χ1v) is 5.82. The number of halogens is 1. The summed E-state index contributed by atoms with van der Waals surface area (Å²) in [5.74, 6) is 0. The van der Waals surface area contributed by atoms with Crippen molar-refractivity contribution < 1.29 is 0 Å². The molecule has 0 spiro atoms. The maximum atomic E-state index is 4.16. The SMILES string of the molecule is CN(Cc1cnn(C)c1)C(C)(C)CBr. The van der Waals surface area contributed by atoms with Crippen LogP contribution in [0, 0.1) is 0 Å². The first kappa shape index (κ1) is 11.7. The van der Waals surface area contributed by atoms with E-state index in [1.165, 1.54) is 5.56 Å². The lowest BCUT2D eigenvalue weighted by atomic mass is 10.1. The average Bonchev–Trinajstić information content (AvgIpc) is 2.51. The van der Waals surface area contributed by atoms with E-state index in [-0.39, 0.29) is 5.54 Å². The molecule has 0 unspecified atom stereocenters. The Labute approximate surface area is 94.2 Å². The molecule has 0 aliphatic heterocycles. The molecule has 0 amide bonds. The molecule has 0 radical (unpaired) electrons. The predicted octanol–water partition coefficient (Wildman–Crippen LogP) is 2.03. The second-order valence-corrected chi connectivity index (χ2v) is 4.89. The second kappa shape index (κ2) is 4.45. The van der Waals surface area contributed by atoms with Crippen molar-refractivity contribution in [3.8, 4) is 0 Å². The third-order valence-electron chi connectivity index (χ3n) is 2.54. The molecule has 1 heterocycles. The van der Waals surface area contributed by atoms with Gasteiger partial charge in [-0.25, -0.2) is 0 Å². The van der Waals surface area contributed by atoms with Crippen LogP contribution in [-0.4, -0.2) is 32.6 Å². The first-order valence-electron chi connectivity index (χ1n) is 4.70. The van der Waals surface area contributed by atoms with Crippen LogP contribution in [0.5, 0.6) is 0 Å². The predicted molar refractivity (Wildman–Crippen MR) is 62.5 cm³/mol. The van der Waals surface area contributed by atoms with Crippen molar-refractivity contribution in [3.63, 3.8) is 0 Å². The minimum Gasteiger partial charge on any atom is -0.296 e. The van der Waals surface area contributed by atoms with Crippen LogP contribution in [-0.2, 0) is 13.6 Å². The third kappa shape index (κ3) is 2.82. The van der Waals surface area contributed by atoms with E-state index in [1.807, 2.05) is 17.9 Å². The Morgan fingerprint density at radius 2 is 2.21 bits per heavy atom. The third-order valence-corrected chi connectivity index (χ3v) is 3.91. The Bertz CT molecular complexity index is 293. The van der Waals surface area contributed by atoms with Crippen LogP contribution < -0.4 is 0 Å². The molecule has 14 heavy (non-hydrogen) atoms. The summed E-state index contributed by atoms with van der Waals surface area (Å²) in [5.41, 5.74) is 1.43. The number of aromatic nitrogens is 2. The molecular weight excluding hydrogens is 242 g/mol. The molecular formula is C10H18BrN3. The van der Waals surface area contributed by atoms with E-state index in [9.17, 15) is 0 Å². The lowest BCUT2D eigenvalue weighted by molar-refractivity contribution is 0.173. The fourth-order valence-electron chi connectivity index (χ4n) is 1.14. The summed E-state index contributed by atoms with van der Waals surface area (Å²) < 4.78 is 1.84. The van der Waals surface area contributed by atoms with Gasteiger partial charge < -0.3 is 0 Å². The Hall–Kier alpha value is -0.350. The van der Waals surface area contributed by atoms with Crippen molar-refractivity contribution in [3.05, 3.63) is 18.0 Å². The topological polar surface area (TPSA) is 21.1 Å². The number of aryl methyl sites for hydroxylation is 1. The zero-order chi connectivity index (χ0) is 10.8. The maximum absolute atomic E-state index is 4.16. The van der Waals surface area contributed by atoms with Crippen molar-refractivity contribution in [1.29, 1.82) is 0 Å². The van der Waals surface area contributed by atoms with E-state index in [0.717, 1.165) is 11.9 Å². The molecule has 1 aromatic heterocycles. The van der Waals surface area contributed by atoms with Crippen LogP contribution in [0.4, 0.5) is 0 Å². The molecule has 0 aliphatic rings. The van der Waals surface area contributed by atoms with E-state index in [4.69, 9.17) is 0 Å². The van der Waals surface area contributed by atoms with E-state index in [1.54, 1.807) is 0 Å². The average molecular weight is 260 g/mol. The van der Waals surface area contributed by atoms with Gasteiger partial charge in [0.15, 0.2) is 0 Å². The summed E-state index contributed by atoms with van der Waals surface area (Å²) in [4.78, 5) is 2.32. The number of rotatable bonds is 4. The van der Waals surface area contributed by atoms with Gasteiger partial charge in [0.05, 0.1) is 6.20 Å². The van der Waals surface area contributed by atoms with Crippen molar-refractivity contribution in [2.75, 3.05) is 12.4 Å². The summed E-state index contributed by atoms with van der Waals surface area (Å²) in [6.45, 7) is 5.38. The Morgan fingerprint density at radius 1 is 1.57 bits per heavy atom. The smallest absolute Gasteiger partial charge is 0.0534 e. The van der Waals surface area contributed by atoms with E-state index in [2.05, 4.69) is 53.0 Å². The van der Waals surface area contributed by atoms with Gasteiger partial charge in [0.25, 0.3) is 0 Å². The normalized spacial score (nSPS) is 12.4. The van der Waals surface area contributed by atoms with Crippen LogP contribution in [0.3, 0.4) is 0 Å². The molecule has 1 rings (SSSR count). The van der Waals surface area contributed by atoms with Crippen LogP contribution in [0.25, 0.3) is 0 Å². The summed E-state index contributed by atoms with van der Waals surface area (Å²) in [7, 11) is 4.08. The fraction of sp³-hybridized carbons (Fsp3) is 0.700. The molecule has 0 bridgehead atoms. The zero-order valence-electron chi connectivity index (χ0n) is 9.29. The van der Waals surface area contributed by atoms with E-state index >= 15 is 0 Å². The Kier molecular flexibility index (Phi) is 3.72. The van der Waals surface area contributed by atoms with Crippen LogP contribution in [0.1, 0.15) is 19.4 Å². The maximum Gasteiger partial charge on any atom is 0.0534 e. The van der Waals surface area contributed by atoms with Crippen LogP contribution in [0.15, 0.2) is 12.4 Å². The molecule has 0 saturated carbocycles. The van der Waals surface area contributed by atoms with Crippen molar-refractivity contribution in [2.45, 2.75) is 25.9 Å². The van der Waals surface area contributed by atoms with Gasteiger partial charge in [-0.1, -0.05) is 15.9 Å². The van der Waals surface area contributed by atoms with Crippen molar-refractivity contribution in [2.24, 2.45) is 7.05 Å². The van der Waals surface area contributed by atoms with Gasteiger partial charge in [0.1, 0.15) is 0 Å². The van der Waals surface area contributed by atoms with Crippen LogP contribution in [0.2, 0.25) is 0 Å². The number of alkyl halides is 1. The molecule has 1 aromatic rings. The van der Waals surface area contributed by atoms with Crippen molar-refractivity contribution in [1.82, 2.24) is 14.7 Å². The first-order chi connectivity index (χ1) is 6.45. The summed E-state index contributed by atoms with van der Waals surface area (Å²) in [5, 5.41) is 5.12. The van der Waals surface area contributed by atoms with Gasteiger partial charge in [0.2, 0.25) is 0 Å². The Balaban J connectivity index is 2.61. The minimum absolute atomic E-state index is 0.176.